The predicted octanol–water partition coefficient (Wildman–Crippen LogP) is 2.98. The summed E-state index contributed by atoms with van der Waals surface area (Å²) in [6.45, 7) is 7.36. The molecule has 144 valence electrons. The van der Waals surface area contributed by atoms with Gasteiger partial charge in [-0.05, 0) is 56.5 Å². The highest BCUT2D eigenvalue weighted by Crippen LogP contribution is 2.20. The number of benzene rings is 1. The second kappa shape index (κ2) is 8.70. The molecule has 2 heterocycles. The topological polar surface area (TPSA) is 70.5 Å². The highest BCUT2D eigenvalue weighted by molar-refractivity contribution is 5.96. The third kappa shape index (κ3) is 4.67. The average Bonchev–Trinajstić information content (AvgIpc) is 3.37. The van der Waals surface area contributed by atoms with Gasteiger partial charge in [0.25, 0.3) is 5.91 Å². The first kappa shape index (κ1) is 18.9. The number of hydrogen-bond donors (Lipinski definition) is 1. The lowest BCUT2D eigenvalue weighted by molar-refractivity contribution is 0.0792. The number of carbonyl (C=O) groups is 2. The molecule has 1 aliphatic heterocycles. The number of carbonyl (C=O) groups excluding carboxylic acids is 2. The Kier molecular flexibility index (Phi) is 6.11. The summed E-state index contributed by atoms with van der Waals surface area (Å²) in [5, 5.41) is 7.12. The van der Waals surface area contributed by atoms with Crippen LogP contribution in [-0.4, -0.2) is 57.7 Å². The Labute approximate surface area is 159 Å². The molecule has 7 heteroatoms. The summed E-state index contributed by atoms with van der Waals surface area (Å²) >= 11 is 0. The normalized spacial score (nSPS) is 13.6. The number of nitrogens with zero attached hydrogens (tertiary/aromatic N) is 4. The molecule has 1 N–H and O–H groups in total. The van der Waals surface area contributed by atoms with Crippen LogP contribution in [0.4, 0.5) is 10.5 Å². The highest BCUT2D eigenvalue weighted by atomic mass is 16.2. The Balaban J connectivity index is 1.61. The van der Waals surface area contributed by atoms with Gasteiger partial charge in [0, 0.05) is 49.8 Å². The van der Waals surface area contributed by atoms with E-state index < -0.39 is 0 Å². The van der Waals surface area contributed by atoms with E-state index in [1.807, 2.05) is 43.1 Å². The molecule has 3 rings (SSSR count). The van der Waals surface area contributed by atoms with Crippen molar-refractivity contribution < 1.29 is 9.59 Å². The van der Waals surface area contributed by atoms with Gasteiger partial charge in [0.2, 0.25) is 0 Å². The molecule has 1 aromatic carbocycles. The summed E-state index contributed by atoms with van der Waals surface area (Å²) in [7, 11) is 0. The van der Waals surface area contributed by atoms with Gasteiger partial charge < -0.3 is 15.1 Å². The lowest BCUT2D eigenvalue weighted by atomic mass is 10.1. The minimum absolute atomic E-state index is 0.0721. The van der Waals surface area contributed by atoms with E-state index in [2.05, 4.69) is 10.4 Å². The molecule has 1 fully saturated rings. The molecule has 0 atom stereocenters. The number of amides is 3. The van der Waals surface area contributed by atoms with Crippen molar-refractivity contribution in [3.05, 3.63) is 47.8 Å². The Bertz CT molecular complexity index is 782. The largest absolute Gasteiger partial charge is 0.339 e. The van der Waals surface area contributed by atoms with Gasteiger partial charge in [-0.2, -0.15) is 5.10 Å². The highest BCUT2D eigenvalue weighted by Gasteiger charge is 2.20. The van der Waals surface area contributed by atoms with E-state index in [1.165, 1.54) is 0 Å². The third-order valence-corrected chi connectivity index (χ3v) is 4.94. The molecule has 3 amide bonds. The van der Waals surface area contributed by atoms with Crippen molar-refractivity contribution in [3.8, 4) is 0 Å². The fourth-order valence-corrected chi connectivity index (χ4v) is 3.29. The SMILES string of the molecule is CCN(CCn1cccn1)C(=O)Nc1ccc(C(=O)N2CCCC2)cc1C. The number of urea groups is 1. The minimum atomic E-state index is -0.147. The molecule has 0 spiro atoms. The van der Waals surface area contributed by atoms with Gasteiger partial charge >= 0.3 is 6.03 Å². The number of aryl methyl sites for hydroxylation is 1. The van der Waals surface area contributed by atoms with Crippen LogP contribution in [0.3, 0.4) is 0 Å². The van der Waals surface area contributed by atoms with Crippen molar-refractivity contribution in [1.29, 1.82) is 0 Å². The van der Waals surface area contributed by atoms with E-state index in [4.69, 9.17) is 0 Å². The van der Waals surface area contributed by atoms with Gasteiger partial charge in [0.15, 0.2) is 0 Å². The Hall–Kier alpha value is -2.83. The number of anilines is 1. The number of rotatable bonds is 6. The van der Waals surface area contributed by atoms with Crippen LogP contribution in [0.25, 0.3) is 0 Å². The molecule has 0 unspecified atom stereocenters. The number of nitrogens with one attached hydrogen (secondary N) is 1. The monoisotopic (exact) mass is 369 g/mol. The fraction of sp³-hybridized carbons (Fsp3) is 0.450. The maximum absolute atomic E-state index is 12.6. The zero-order valence-corrected chi connectivity index (χ0v) is 16.0. The molecule has 0 radical (unpaired) electrons. The van der Waals surface area contributed by atoms with Crippen LogP contribution in [0.5, 0.6) is 0 Å². The average molecular weight is 369 g/mol. The van der Waals surface area contributed by atoms with Gasteiger partial charge in [0.1, 0.15) is 0 Å². The smallest absolute Gasteiger partial charge is 0.321 e. The molecule has 27 heavy (non-hydrogen) atoms. The number of aromatic nitrogens is 2. The number of likely N-dealkylation sites (tertiary alicyclic amines) is 1. The van der Waals surface area contributed by atoms with Crippen molar-refractivity contribution in [2.45, 2.75) is 33.2 Å². The van der Waals surface area contributed by atoms with E-state index in [9.17, 15) is 9.59 Å². The molecular weight excluding hydrogens is 342 g/mol. The predicted molar refractivity (Wildman–Crippen MR) is 105 cm³/mol. The third-order valence-electron chi connectivity index (χ3n) is 4.94. The van der Waals surface area contributed by atoms with E-state index >= 15 is 0 Å². The van der Waals surface area contributed by atoms with Crippen LogP contribution in [0.1, 0.15) is 35.7 Å². The van der Waals surface area contributed by atoms with Crippen LogP contribution in [-0.2, 0) is 6.54 Å². The maximum Gasteiger partial charge on any atom is 0.321 e. The number of likely N-dealkylation sites (N-methyl/N-ethyl adjacent to an activating group) is 1. The quantitative estimate of drug-likeness (QED) is 0.851. The van der Waals surface area contributed by atoms with E-state index in [0.717, 1.165) is 37.2 Å². The van der Waals surface area contributed by atoms with Gasteiger partial charge in [-0.3, -0.25) is 9.48 Å². The van der Waals surface area contributed by atoms with E-state index in [0.29, 0.717) is 25.2 Å². The Morgan fingerprint density at radius 1 is 1.26 bits per heavy atom. The maximum atomic E-state index is 12.6. The van der Waals surface area contributed by atoms with Gasteiger partial charge in [-0.1, -0.05) is 0 Å². The summed E-state index contributed by atoms with van der Waals surface area (Å²) in [6, 6.07) is 7.19. The first-order valence-corrected chi connectivity index (χ1v) is 9.51. The second-order valence-electron chi connectivity index (χ2n) is 6.81. The van der Waals surface area contributed by atoms with Crippen molar-refractivity contribution >= 4 is 17.6 Å². The van der Waals surface area contributed by atoms with Crippen LogP contribution in [0, 0.1) is 6.92 Å². The first-order valence-electron chi connectivity index (χ1n) is 9.51. The molecule has 1 saturated heterocycles. The summed E-state index contributed by atoms with van der Waals surface area (Å²) in [4.78, 5) is 28.7. The zero-order valence-electron chi connectivity index (χ0n) is 16.0. The van der Waals surface area contributed by atoms with Crippen LogP contribution in [0.2, 0.25) is 0 Å². The van der Waals surface area contributed by atoms with Crippen molar-refractivity contribution in [2.24, 2.45) is 0 Å². The molecule has 7 nitrogen and oxygen atoms in total. The Morgan fingerprint density at radius 3 is 2.67 bits per heavy atom. The van der Waals surface area contributed by atoms with Crippen LogP contribution >= 0.6 is 0 Å². The summed E-state index contributed by atoms with van der Waals surface area (Å²) < 4.78 is 1.81. The number of hydrogen-bond acceptors (Lipinski definition) is 3. The van der Waals surface area contributed by atoms with Gasteiger partial charge in [-0.25, -0.2) is 4.79 Å². The van der Waals surface area contributed by atoms with Crippen LogP contribution < -0.4 is 5.32 Å². The Morgan fingerprint density at radius 2 is 2.04 bits per heavy atom. The molecular formula is C20H27N5O2. The first-order chi connectivity index (χ1) is 13.1. The fourth-order valence-electron chi connectivity index (χ4n) is 3.29. The van der Waals surface area contributed by atoms with E-state index in [1.54, 1.807) is 21.8 Å². The standard InChI is InChI=1S/C20H27N5O2/c1-3-23(13-14-25-12-6-9-21-25)20(27)22-18-8-7-17(15-16(18)2)19(26)24-10-4-5-11-24/h6-9,12,15H,3-5,10-11,13-14H2,1-2H3,(H,22,27). The molecule has 0 saturated carbocycles. The van der Waals surface area contributed by atoms with Gasteiger partial charge in [0.05, 0.1) is 6.54 Å². The zero-order chi connectivity index (χ0) is 19.2. The van der Waals surface area contributed by atoms with Gasteiger partial charge in [-0.15, -0.1) is 0 Å². The molecule has 0 bridgehead atoms. The molecule has 1 aliphatic rings. The summed E-state index contributed by atoms with van der Waals surface area (Å²) in [5.41, 5.74) is 2.30. The molecule has 2 aromatic rings. The van der Waals surface area contributed by atoms with Crippen molar-refractivity contribution in [3.63, 3.8) is 0 Å². The summed E-state index contributed by atoms with van der Waals surface area (Å²) in [6.07, 6.45) is 5.76. The lowest BCUT2D eigenvalue weighted by Gasteiger charge is -2.22. The van der Waals surface area contributed by atoms with Crippen LogP contribution in [0.15, 0.2) is 36.7 Å². The van der Waals surface area contributed by atoms with Crippen molar-refractivity contribution in [1.82, 2.24) is 19.6 Å². The minimum Gasteiger partial charge on any atom is -0.339 e. The second-order valence-corrected chi connectivity index (χ2v) is 6.81. The summed E-state index contributed by atoms with van der Waals surface area (Å²) in [5.74, 6) is 0.0721. The molecule has 1 aromatic heterocycles. The van der Waals surface area contributed by atoms with Crippen molar-refractivity contribution in [2.75, 3.05) is 31.5 Å². The van der Waals surface area contributed by atoms with E-state index in [-0.39, 0.29) is 11.9 Å². The molecule has 0 aliphatic carbocycles. The lowest BCUT2D eigenvalue weighted by Crippen LogP contribution is -2.37.